The van der Waals surface area contributed by atoms with Gasteiger partial charge >= 0.3 is 0 Å². The zero-order valence-corrected chi connectivity index (χ0v) is 18.9. The molecule has 2 aromatic heterocycles. The lowest BCUT2D eigenvalue weighted by Gasteiger charge is -2.33. The molecule has 0 radical (unpaired) electrons. The average Bonchev–Trinajstić information content (AvgIpc) is 3.32. The summed E-state index contributed by atoms with van der Waals surface area (Å²) in [4.78, 5) is 18.7. The van der Waals surface area contributed by atoms with Crippen molar-refractivity contribution in [1.29, 1.82) is 0 Å². The molecular weight excluding hydrogens is 394 g/mol. The largest absolute Gasteiger partial charge is 0.355 e. The smallest absolute Gasteiger partial charge is 0.223 e. The van der Waals surface area contributed by atoms with Crippen LogP contribution >= 0.6 is 11.3 Å². The van der Waals surface area contributed by atoms with E-state index >= 15 is 0 Å². The zero-order valence-electron chi connectivity index (χ0n) is 18.1. The highest BCUT2D eigenvalue weighted by molar-refractivity contribution is 7.10. The number of carbonyl (C=O) groups is 1. The maximum atomic E-state index is 12.9. The third-order valence-corrected chi connectivity index (χ3v) is 7.28. The summed E-state index contributed by atoms with van der Waals surface area (Å²) in [5.74, 6) is 2.55. The van der Waals surface area contributed by atoms with Crippen LogP contribution in [0.1, 0.15) is 56.9 Å². The molecule has 6 nitrogen and oxygen atoms in total. The molecule has 4 heterocycles. The molecule has 0 bridgehead atoms. The van der Waals surface area contributed by atoms with Gasteiger partial charge in [-0.2, -0.15) is 0 Å². The van der Waals surface area contributed by atoms with Crippen LogP contribution in [-0.2, 0) is 4.79 Å². The lowest BCUT2D eigenvalue weighted by molar-refractivity contribution is -0.126. The van der Waals surface area contributed by atoms with Gasteiger partial charge < -0.3 is 15.1 Å². The van der Waals surface area contributed by atoms with Crippen molar-refractivity contribution in [3.05, 3.63) is 34.5 Å². The van der Waals surface area contributed by atoms with Gasteiger partial charge in [0.05, 0.1) is 6.04 Å². The molecule has 1 amide bonds. The molecule has 0 spiro atoms. The highest BCUT2D eigenvalue weighted by Gasteiger charge is 2.29. The molecule has 162 valence electrons. The highest BCUT2D eigenvalue weighted by atomic mass is 32.1. The van der Waals surface area contributed by atoms with Crippen molar-refractivity contribution in [3.8, 4) is 0 Å². The van der Waals surface area contributed by atoms with Gasteiger partial charge in [-0.25, -0.2) is 0 Å². The number of amides is 1. The Kier molecular flexibility index (Phi) is 6.87. The van der Waals surface area contributed by atoms with E-state index in [1.807, 2.05) is 0 Å². The summed E-state index contributed by atoms with van der Waals surface area (Å²) in [5.41, 5.74) is 0. The Balaban J connectivity index is 1.30. The molecule has 2 saturated heterocycles. The number of aromatic nitrogens is 2. The number of nitrogens with one attached hydrogen (secondary N) is 1. The molecule has 0 saturated carbocycles. The standard InChI is InChI=1S/C23H33N5OS/c1-17(2)22(19-7-6-16-30-19)24-23(29)18-10-14-28(15-11-18)21-9-8-20(25-26-21)27-12-4-3-5-13-27/h6-9,16-18,22H,3-5,10-15H2,1-2H3,(H,24,29)/t22-/m0/s1. The van der Waals surface area contributed by atoms with Crippen LogP contribution in [0.4, 0.5) is 11.6 Å². The van der Waals surface area contributed by atoms with Crippen molar-refractivity contribution in [2.45, 2.75) is 52.0 Å². The predicted octanol–water partition coefficient (Wildman–Crippen LogP) is 4.26. The SMILES string of the molecule is CC(C)[C@H](NC(=O)C1CCN(c2ccc(N3CCCCC3)nn2)CC1)c1cccs1. The summed E-state index contributed by atoms with van der Waals surface area (Å²) in [6.45, 7) is 8.19. The molecule has 30 heavy (non-hydrogen) atoms. The third-order valence-electron chi connectivity index (χ3n) is 6.32. The zero-order chi connectivity index (χ0) is 20.9. The second-order valence-electron chi connectivity index (χ2n) is 8.80. The molecule has 7 heteroatoms. The van der Waals surface area contributed by atoms with E-state index in [0.717, 1.165) is 50.7 Å². The Labute approximate surface area is 183 Å². The van der Waals surface area contributed by atoms with Crippen molar-refractivity contribution >= 4 is 28.9 Å². The van der Waals surface area contributed by atoms with Crippen LogP contribution in [0.3, 0.4) is 0 Å². The van der Waals surface area contributed by atoms with Crippen molar-refractivity contribution in [2.75, 3.05) is 36.0 Å². The summed E-state index contributed by atoms with van der Waals surface area (Å²) < 4.78 is 0. The Morgan fingerprint density at radius 1 is 1.00 bits per heavy atom. The first-order valence-corrected chi connectivity index (χ1v) is 12.2. The third kappa shape index (κ3) is 4.94. The van der Waals surface area contributed by atoms with Crippen LogP contribution in [0, 0.1) is 11.8 Å². The first kappa shape index (κ1) is 21.1. The minimum absolute atomic E-state index is 0.0723. The first-order valence-electron chi connectivity index (χ1n) is 11.3. The number of hydrogen-bond donors (Lipinski definition) is 1. The second kappa shape index (κ2) is 9.77. The highest BCUT2D eigenvalue weighted by Crippen LogP contribution is 2.28. The fraction of sp³-hybridized carbons (Fsp3) is 0.609. The molecule has 1 atom stereocenters. The van der Waals surface area contributed by atoms with E-state index in [1.165, 1.54) is 24.1 Å². The van der Waals surface area contributed by atoms with Gasteiger partial charge in [0.1, 0.15) is 0 Å². The minimum atomic E-state index is 0.0723. The van der Waals surface area contributed by atoms with Crippen molar-refractivity contribution in [2.24, 2.45) is 11.8 Å². The molecule has 0 unspecified atom stereocenters. The number of hydrogen-bond acceptors (Lipinski definition) is 6. The van der Waals surface area contributed by atoms with Crippen molar-refractivity contribution in [1.82, 2.24) is 15.5 Å². The normalized spacial score (nSPS) is 19.2. The van der Waals surface area contributed by atoms with Crippen LogP contribution in [0.25, 0.3) is 0 Å². The Morgan fingerprint density at radius 3 is 2.17 bits per heavy atom. The van der Waals surface area contributed by atoms with Gasteiger partial charge in [0.15, 0.2) is 11.6 Å². The second-order valence-corrected chi connectivity index (χ2v) is 9.78. The molecule has 0 aliphatic carbocycles. The van der Waals surface area contributed by atoms with Gasteiger partial charge in [0.2, 0.25) is 5.91 Å². The number of rotatable bonds is 6. The summed E-state index contributed by atoms with van der Waals surface area (Å²) in [6.07, 6.45) is 5.51. The maximum absolute atomic E-state index is 12.9. The van der Waals surface area contributed by atoms with Crippen LogP contribution in [0.2, 0.25) is 0 Å². The van der Waals surface area contributed by atoms with E-state index in [2.05, 4.69) is 68.8 Å². The average molecular weight is 428 g/mol. The van der Waals surface area contributed by atoms with Gasteiger partial charge in [0, 0.05) is 37.0 Å². The maximum Gasteiger partial charge on any atom is 0.223 e. The minimum Gasteiger partial charge on any atom is -0.355 e. The quantitative estimate of drug-likeness (QED) is 0.746. The van der Waals surface area contributed by atoms with Crippen LogP contribution in [-0.4, -0.2) is 42.3 Å². The van der Waals surface area contributed by atoms with E-state index in [4.69, 9.17) is 0 Å². The number of nitrogens with zero attached hydrogens (tertiary/aromatic N) is 4. The van der Waals surface area contributed by atoms with Crippen LogP contribution in [0.5, 0.6) is 0 Å². The topological polar surface area (TPSA) is 61.4 Å². The predicted molar refractivity (Wildman–Crippen MR) is 123 cm³/mol. The van der Waals surface area contributed by atoms with Crippen LogP contribution < -0.4 is 15.1 Å². The van der Waals surface area contributed by atoms with E-state index in [1.54, 1.807) is 11.3 Å². The van der Waals surface area contributed by atoms with Gasteiger partial charge in [-0.3, -0.25) is 4.79 Å². The van der Waals surface area contributed by atoms with Gasteiger partial charge in [-0.1, -0.05) is 19.9 Å². The van der Waals surface area contributed by atoms with Gasteiger partial charge in [-0.05, 0) is 61.6 Å². The van der Waals surface area contributed by atoms with E-state index in [9.17, 15) is 4.79 Å². The first-order chi connectivity index (χ1) is 14.6. The van der Waals surface area contributed by atoms with Gasteiger partial charge in [0.25, 0.3) is 0 Å². The fourth-order valence-corrected chi connectivity index (χ4v) is 5.40. The fourth-order valence-electron chi connectivity index (χ4n) is 4.45. The number of anilines is 2. The number of thiophene rings is 1. The molecule has 2 aliphatic heterocycles. The molecule has 2 fully saturated rings. The summed E-state index contributed by atoms with van der Waals surface area (Å²) >= 11 is 1.72. The molecule has 1 N–H and O–H groups in total. The Hall–Kier alpha value is -2.15. The monoisotopic (exact) mass is 427 g/mol. The molecule has 2 aliphatic rings. The van der Waals surface area contributed by atoms with Crippen molar-refractivity contribution in [3.63, 3.8) is 0 Å². The van der Waals surface area contributed by atoms with E-state index < -0.39 is 0 Å². The molecule has 2 aromatic rings. The van der Waals surface area contributed by atoms with Gasteiger partial charge in [-0.15, -0.1) is 21.5 Å². The summed E-state index contributed by atoms with van der Waals surface area (Å²) in [5, 5.41) is 14.3. The molecular formula is C23H33N5OS. The Bertz CT molecular complexity index is 794. The molecule has 4 rings (SSSR count). The molecule has 0 aromatic carbocycles. The number of piperidine rings is 2. The van der Waals surface area contributed by atoms with E-state index in [0.29, 0.717) is 5.92 Å². The summed E-state index contributed by atoms with van der Waals surface area (Å²) in [7, 11) is 0. The number of carbonyl (C=O) groups excluding carboxylic acids is 1. The summed E-state index contributed by atoms with van der Waals surface area (Å²) in [6, 6.07) is 8.45. The Morgan fingerprint density at radius 2 is 1.63 bits per heavy atom. The lowest BCUT2D eigenvalue weighted by Crippen LogP contribution is -2.42. The van der Waals surface area contributed by atoms with Crippen molar-refractivity contribution < 1.29 is 4.79 Å². The lowest BCUT2D eigenvalue weighted by atomic mass is 9.94. The van der Waals surface area contributed by atoms with Crippen LogP contribution in [0.15, 0.2) is 29.6 Å². The van der Waals surface area contributed by atoms with E-state index in [-0.39, 0.29) is 17.9 Å².